The van der Waals surface area contributed by atoms with Crippen LogP contribution in [0.3, 0.4) is 0 Å². The topological polar surface area (TPSA) is 58.4 Å². The second-order valence-corrected chi connectivity index (χ2v) is 9.07. The van der Waals surface area contributed by atoms with Crippen molar-refractivity contribution in [2.24, 2.45) is 5.92 Å². The molecule has 3 aliphatic heterocycles. The first-order valence-electron chi connectivity index (χ1n) is 11.2. The molecule has 1 aromatic heterocycles. The van der Waals surface area contributed by atoms with E-state index in [0.717, 1.165) is 69.8 Å². The Morgan fingerprint density at radius 2 is 1.96 bits per heavy atom. The number of piperidine rings is 1. The molecule has 1 amide bonds. The number of carbonyl (C=O) groups excluding carboxylic acids is 1. The SMILES string of the molecule is CC1CCCN(C(=O)CN2CCC(c3cc(=O)n4c(n3)CCCCC4)C2)C1C. The minimum Gasteiger partial charge on any atom is -0.339 e. The molecule has 28 heavy (non-hydrogen) atoms. The van der Waals surface area contributed by atoms with Crippen LogP contribution in [0.25, 0.3) is 0 Å². The summed E-state index contributed by atoms with van der Waals surface area (Å²) in [6.45, 7) is 8.37. The molecule has 0 spiro atoms. The van der Waals surface area contributed by atoms with Crippen molar-refractivity contribution in [3.63, 3.8) is 0 Å². The van der Waals surface area contributed by atoms with Gasteiger partial charge >= 0.3 is 0 Å². The minimum absolute atomic E-state index is 0.104. The zero-order valence-corrected chi connectivity index (χ0v) is 17.4. The van der Waals surface area contributed by atoms with Crippen molar-refractivity contribution >= 4 is 5.91 Å². The van der Waals surface area contributed by atoms with E-state index in [9.17, 15) is 9.59 Å². The minimum atomic E-state index is 0.104. The van der Waals surface area contributed by atoms with Crippen molar-refractivity contribution in [1.82, 2.24) is 19.4 Å². The van der Waals surface area contributed by atoms with Crippen molar-refractivity contribution < 1.29 is 4.79 Å². The van der Waals surface area contributed by atoms with E-state index in [1.54, 1.807) is 6.07 Å². The van der Waals surface area contributed by atoms with E-state index >= 15 is 0 Å². The highest BCUT2D eigenvalue weighted by atomic mass is 16.2. The third-order valence-electron chi connectivity index (χ3n) is 7.13. The van der Waals surface area contributed by atoms with Crippen LogP contribution < -0.4 is 5.56 Å². The van der Waals surface area contributed by atoms with Crippen LogP contribution >= 0.6 is 0 Å². The van der Waals surface area contributed by atoms with Crippen LogP contribution in [0.15, 0.2) is 10.9 Å². The molecule has 0 saturated carbocycles. The predicted octanol–water partition coefficient (Wildman–Crippen LogP) is 2.41. The molecular weight excluding hydrogens is 352 g/mol. The van der Waals surface area contributed by atoms with E-state index in [2.05, 4.69) is 23.6 Å². The summed E-state index contributed by atoms with van der Waals surface area (Å²) in [5.41, 5.74) is 1.04. The van der Waals surface area contributed by atoms with E-state index in [4.69, 9.17) is 4.98 Å². The van der Waals surface area contributed by atoms with Crippen LogP contribution in [0.4, 0.5) is 0 Å². The van der Waals surface area contributed by atoms with Gasteiger partial charge in [-0.3, -0.25) is 19.1 Å². The van der Waals surface area contributed by atoms with Gasteiger partial charge < -0.3 is 4.90 Å². The first kappa shape index (κ1) is 19.6. The lowest BCUT2D eigenvalue weighted by Gasteiger charge is -2.38. The molecule has 3 unspecified atom stereocenters. The average Bonchev–Trinajstić information content (AvgIpc) is 2.99. The lowest BCUT2D eigenvalue weighted by Crippen LogP contribution is -2.49. The second kappa shape index (κ2) is 8.36. The number of nitrogens with zero attached hydrogens (tertiary/aromatic N) is 4. The maximum Gasteiger partial charge on any atom is 0.253 e. The Balaban J connectivity index is 1.40. The predicted molar refractivity (Wildman–Crippen MR) is 109 cm³/mol. The number of fused-ring (bicyclic) bond motifs is 1. The molecule has 0 bridgehead atoms. The molecule has 154 valence electrons. The van der Waals surface area contributed by atoms with Crippen molar-refractivity contribution in [2.75, 3.05) is 26.2 Å². The molecule has 4 heterocycles. The first-order valence-corrected chi connectivity index (χ1v) is 11.2. The summed E-state index contributed by atoms with van der Waals surface area (Å²) in [4.78, 5) is 34.6. The van der Waals surface area contributed by atoms with Crippen LogP contribution in [0.1, 0.15) is 69.8 Å². The van der Waals surface area contributed by atoms with Crippen LogP contribution in [0, 0.1) is 5.92 Å². The van der Waals surface area contributed by atoms with Crippen molar-refractivity contribution in [1.29, 1.82) is 0 Å². The average molecular weight is 387 g/mol. The lowest BCUT2D eigenvalue weighted by molar-refractivity contribution is -0.136. The van der Waals surface area contributed by atoms with Gasteiger partial charge in [0.2, 0.25) is 5.91 Å². The summed E-state index contributed by atoms with van der Waals surface area (Å²) in [6.07, 6.45) is 7.58. The smallest absolute Gasteiger partial charge is 0.253 e. The van der Waals surface area contributed by atoms with E-state index in [-0.39, 0.29) is 17.4 Å². The highest BCUT2D eigenvalue weighted by Gasteiger charge is 2.32. The van der Waals surface area contributed by atoms with E-state index in [0.29, 0.717) is 18.5 Å². The Hall–Kier alpha value is -1.69. The monoisotopic (exact) mass is 386 g/mol. The summed E-state index contributed by atoms with van der Waals surface area (Å²) in [6, 6.07) is 2.09. The van der Waals surface area contributed by atoms with Gasteiger partial charge in [0.1, 0.15) is 5.82 Å². The molecule has 2 saturated heterocycles. The molecule has 0 radical (unpaired) electrons. The van der Waals surface area contributed by atoms with Gasteiger partial charge in [-0.05, 0) is 51.5 Å². The van der Waals surface area contributed by atoms with E-state index in [1.807, 2.05) is 4.57 Å². The molecule has 1 aromatic rings. The highest BCUT2D eigenvalue weighted by molar-refractivity contribution is 5.78. The zero-order chi connectivity index (χ0) is 19.7. The fraction of sp³-hybridized carbons (Fsp3) is 0.773. The lowest BCUT2D eigenvalue weighted by atomic mass is 9.92. The number of hydrogen-bond donors (Lipinski definition) is 0. The number of aryl methyl sites for hydroxylation is 1. The van der Waals surface area contributed by atoms with Gasteiger partial charge in [0.05, 0.1) is 12.2 Å². The fourth-order valence-electron chi connectivity index (χ4n) is 5.13. The molecule has 3 aliphatic rings. The Labute approximate surface area is 167 Å². The molecule has 3 atom stereocenters. The Morgan fingerprint density at radius 1 is 1.11 bits per heavy atom. The number of carbonyl (C=O) groups is 1. The maximum absolute atomic E-state index is 12.9. The fourth-order valence-corrected chi connectivity index (χ4v) is 5.13. The van der Waals surface area contributed by atoms with Crippen LogP contribution in [0.5, 0.6) is 0 Å². The quantitative estimate of drug-likeness (QED) is 0.800. The van der Waals surface area contributed by atoms with Crippen LogP contribution in [-0.2, 0) is 17.8 Å². The molecular formula is C22H34N4O2. The molecule has 4 rings (SSSR count). The Kier molecular flexibility index (Phi) is 5.85. The summed E-state index contributed by atoms with van der Waals surface area (Å²) >= 11 is 0. The normalized spacial score (nSPS) is 28.8. The summed E-state index contributed by atoms with van der Waals surface area (Å²) in [5.74, 6) is 2.08. The molecule has 2 fully saturated rings. The number of rotatable bonds is 3. The number of aromatic nitrogens is 2. The summed E-state index contributed by atoms with van der Waals surface area (Å²) in [5, 5.41) is 0. The van der Waals surface area contributed by atoms with Gasteiger partial charge in [0, 0.05) is 44.1 Å². The molecule has 0 aliphatic carbocycles. The van der Waals surface area contributed by atoms with Gasteiger partial charge in [-0.1, -0.05) is 13.3 Å². The van der Waals surface area contributed by atoms with Crippen LogP contribution in [-0.4, -0.2) is 57.5 Å². The third-order valence-corrected chi connectivity index (χ3v) is 7.13. The number of likely N-dealkylation sites (tertiary alicyclic amines) is 2. The second-order valence-electron chi connectivity index (χ2n) is 9.07. The van der Waals surface area contributed by atoms with Crippen molar-refractivity contribution in [3.05, 3.63) is 27.9 Å². The number of amides is 1. The zero-order valence-electron chi connectivity index (χ0n) is 17.4. The molecule has 0 N–H and O–H groups in total. The van der Waals surface area contributed by atoms with E-state index < -0.39 is 0 Å². The van der Waals surface area contributed by atoms with Gasteiger partial charge in [0.25, 0.3) is 5.56 Å². The first-order chi connectivity index (χ1) is 13.5. The molecule has 0 aromatic carbocycles. The summed E-state index contributed by atoms with van der Waals surface area (Å²) < 4.78 is 1.87. The molecule has 6 nitrogen and oxygen atoms in total. The van der Waals surface area contributed by atoms with Gasteiger partial charge in [0.15, 0.2) is 0 Å². The Morgan fingerprint density at radius 3 is 2.82 bits per heavy atom. The van der Waals surface area contributed by atoms with Crippen molar-refractivity contribution in [3.8, 4) is 0 Å². The molecule has 6 heteroatoms. The van der Waals surface area contributed by atoms with Crippen LogP contribution in [0.2, 0.25) is 0 Å². The van der Waals surface area contributed by atoms with E-state index in [1.165, 1.54) is 12.8 Å². The van der Waals surface area contributed by atoms with Crippen molar-refractivity contribution in [2.45, 2.75) is 77.3 Å². The van der Waals surface area contributed by atoms with Gasteiger partial charge in [-0.25, -0.2) is 4.98 Å². The summed E-state index contributed by atoms with van der Waals surface area (Å²) in [7, 11) is 0. The standard InChI is InChI=1S/C22H34N4O2/c1-16-7-6-11-25(17(16)2)22(28)15-24-12-9-18(14-24)19-13-21(27)26-10-5-3-4-8-20(26)23-19/h13,16-18H,3-12,14-15H2,1-2H3. The number of hydrogen-bond acceptors (Lipinski definition) is 4. The largest absolute Gasteiger partial charge is 0.339 e. The highest BCUT2D eigenvalue weighted by Crippen LogP contribution is 2.27. The third kappa shape index (κ3) is 4.02. The van der Waals surface area contributed by atoms with Gasteiger partial charge in [-0.15, -0.1) is 0 Å². The van der Waals surface area contributed by atoms with Gasteiger partial charge in [-0.2, -0.15) is 0 Å². The Bertz CT molecular complexity index is 774. The maximum atomic E-state index is 12.9.